The van der Waals surface area contributed by atoms with Gasteiger partial charge in [-0.05, 0) is 24.6 Å². The van der Waals surface area contributed by atoms with Crippen LogP contribution in [-0.2, 0) is 26.0 Å². The van der Waals surface area contributed by atoms with Crippen molar-refractivity contribution in [3.8, 4) is 0 Å². The summed E-state index contributed by atoms with van der Waals surface area (Å²) in [6.07, 6.45) is 1.54. The van der Waals surface area contributed by atoms with Gasteiger partial charge in [0.25, 0.3) is 10.0 Å². The quantitative estimate of drug-likeness (QED) is 0.759. The fraction of sp³-hybridized carbons (Fsp3) is 0.312. The molecule has 1 fully saturated rings. The van der Waals surface area contributed by atoms with Gasteiger partial charge >= 0.3 is 0 Å². The number of nitrogens with zero attached hydrogens (tertiary/aromatic N) is 2. The van der Waals surface area contributed by atoms with Crippen LogP contribution >= 0.6 is 34.7 Å². The van der Waals surface area contributed by atoms with Gasteiger partial charge < -0.3 is 4.90 Å². The van der Waals surface area contributed by atoms with E-state index in [-0.39, 0.29) is 34.0 Å². The van der Waals surface area contributed by atoms with E-state index in [1.807, 2.05) is 0 Å². The third-order valence-corrected chi connectivity index (χ3v) is 7.68. The highest BCUT2D eigenvalue weighted by atomic mass is 35.5. The number of benzene rings is 1. The molecule has 11 heteroatoms. The Hall–Kier alpha value is -1.62. The van der Waals surface area contributed by atoms with Crippen molar-refractivity contribution in [1.29, 1.82) is 0 Å². The minimum Gasteiger partial charge on any atom is -0.333 e. The van der Waals surface area contributed by atoms with Crippen LogP contribution in [0.5, 0.6) is 0 Å². The summed E-state index contributed by atoms with van der Waals surface area (Å²) in [6.45, 7) is 2.26. The number of carbonyl (C=O) groups excluding carboxylic acids is 2. The highest BCUT2D eigenvalue weighted by Crippen LogP contribution is 2.27. The molecule has 0 bridgehead atoms. The first kappa shape index (κ1) is 20.1. The second-order valence-electron chi connectivity index (χ2n) is 5.81. The molecule has 144 valence electrons. The Balaban J connectivity index is 1.69. The van der Waals surface area contributed by atoms with E-state index in [1.54, 1.807) is 19.1 Å². The van der Waals surface area contributed by atoms with Gasteiger partial charge in [-0.1, -0.05) is 29.4 Å². The number of halogens is 1. The molecule has 2 aromatic rings. The molecule has 1 N–H and O–H groups in total. The molecule has 1 saturated heterocycles. The summed E-state index contributed by atoms with van der Waals surface area (Å²) >= 11 is 8.31. The number of amides is 1. The fourth-order valence-electron chi connectivity index (χ4n) is 2.51. The first-order valence-electron chi connectivity index (χ1n) is 7.92. The van der Waals surface area contributed by atoms with Crippen LogP contribution in [0.15, 0.2) is 29.3 Å². The third-order valence-electron chi connectivity index (χ3n) is 3.91. The van der Waals surface area contributed by atoms with Crippen molar-refractivity contribution >= 4 is 60.9 Å². The smallest absolute Gasteiger partial charge is 0.263 e. The molecule has 3 rings (SSSR count). The summed E-state index contributed by atoms with van der Waals surface area (Å²) in [5, 5.41) is 0.504. The van der Waals surface area contributed by atoms with Crippen molar-refractivity contribution in [1.82, 2.24) is 9.88 Å². The second kappa shape index (κ2) is 8.17. The Bertz CT molecular complexity index is 991. The molecule has 0 atom stereocenters. The van der Waals surface area contributed by atoms with E-state index in [2.05, 4.69) is 9.71 Å². The van der Waals surface area contributed by atoms with Gasteiger partial charge in [-0.2, -0.15) is 0 Å². The van der Waals surface area contributed by atoms with Crippen LogP contribution in [-0.4, -0.2) is 48.2 Å². The molecule has 27 heavy (non-hydrogen) atoms. The molecule has 1 aromatic carbocycles. The fourth-order valence-corrected chi connectivity index (χ4v) is 5.84. The molecule has 0 aliphatic carbocycles. The maximum absolute atomic E-state index is 12.6. The number of nitrogens with one attached hydrogen (secondary N) is 1. The Morgan fingerprint density at radius 3 is 2.93 bits per heavy atom. The predicted octanol–water partition coefficient (Wildman–Crippen LogP) is 2.55. The van der Waals surface area contributed by atoms with E-state index in [9.17, 15) is 18.0 Å². The standard InChI is InChI=1S/C16H16ClN3O4S3/c1-10-12(17)3-2-4-13(10)27(23,24)19-16-18-8-11(26-16)7-14(21)20-5-6-25-15(22)9-20/h2-4,8H,5-7,9H2,1H3,(H,18,19). The largest absolute Gasteiger partial charge is 0.333 e. The minimum atomic E-state index is -3.84. The normalized spacial score (nSPS) is 15.0. The number of carbonyl (C=O) groups is 2. The van der Waals surface area contributed by atoms with Gasteiger partial charge in [-0.15, -0.1) is 11.3 Å². The van der Waals surface area contributed by atoms with Crippen LogP contribution in [0.4, 0.5) is 5.13 Å². The van der Waals surface area contributed by atoms with Gasteiger partial charge in [0.2, 0.25) is 11.0 Å². The molecule has 7 nitrogen and oxygen atoms in total. The van der Waals surface area contributed by atoms with Crippen LogP contribution in [0.1, 0.15) is 10.4 Å². The van der Waals surface area contributed by atoms with E-state index in [0.29, 0.717) is 27.8 Å². The number of aromatic nitrogens is 1. The maximum Gasteiger partial charge on any atom is 0.263 e. The zero-order valence-electron chi connectivity index (χ0n) is 14.3. The number of anilines is 1. The molecular formula is C16H16ClN3O4S3. The molecule has 0 unspecified atom stereocenters. The number of rotatable bonds is 5. The molecule has 1 aliphatic heterocycles. The van der Waals surface area contributed by atoms with Gasteiger partial charge in [0.1, 0.15) is 0 Å². The lowest BCUT2D eigenvalue weighted by molar-refractivity contribution is -0.133. The lowest BCUT2D eigenvalue weighted by Gasteiger charge is -2.24. The summed E-state index contributed by atoms with van der Waals surface area (Å²) in [7, 11) is -3.84. The van der Waals surface area contributed by atoms with E-state index in [0.717, 1.165) is 11.3 Å². The lowest BCUT2D eigenvalue weighted by Crippen LogP contribution is -2.40. The number of thiazole rings is 1. The maximum atomic E-state index is 12.6. The Kier molecular flexibility index (Phi) is 6.09. The van der Waals surface area contributed by atoms with Crippen molar-refractivity contribution < 1.29 is 18.0 Å². The molecule has 0 spiro atoms. The zero-order chi connectivity index (χ0) is 19.6. The van der Waals surface area contributed by atoms with Gasteiger partial charge in [-0.25, -0.2) is 13.4 Å². The predicted molar refractivity (Wildman–Crippen MR) is 107 cm³/mol. The summed E-state index contributed by atoms with van der Waals surface area (Å²) in [5.41, 5.74) is 0.450. The van der Waals surface area contributed by atoms with Gasteiger partial charge in [0.15, 0.2) is 5.13 Å². The van der Waals surface area contributed by atoms with E-state index in [1.165, 1.54) is 28.9 Å². The van der Waals surface area contributed by atoms with Crippen LogP contribution in [0.25, 0.3) is 0 Å². The van der Waals surface area contributed by atoms with Crippen molar-refractivity contribution in [3.05, 3.63) is 39.9 Å². The SMILES string of the molecule is Cc1c(Cl)cccc1S(=O)(=O)Nc1ncc(CC(=O)N2CCSC(=O)C2)s1. The Morgan fingerprint density at radius 1 is 1.41 bits per heavy atom. The summed E-state index contributed by atoms with van der Waals surface area (Å²) in [5.74, 6) is 0.421. The number of hydrogen-bond donors (Lipinski definition) is 1. The zero-order valence-corrected chi connectivity index (χ0v) is 17.5. The first-order valence-corrected chi connectivity index (χ1v) is 11.6. The van der Waals surface area contributed by atoms with E-state index < -0.39 is 10.0 Å². The Morgan fingerprint density at radius 2 is 2.19 bits per heavy atom. The third kappa shape index (κ3) is 4.81. The van der Waals surface area contributed by atoms with Crippen LogP contribution in [0.2, 0.25) is 5.02 Å². The summed E-state index contributed by atoms with van der Waals surface area (Å²) in [4.78, 5) is 30.0. The average molecular weight is 446 g/mol. The number of hydrogen-bond acceptors (Lipinski definition) is 7. The van der Waals surface area contributed by atoms with Crippen molar-refractivity contribution in [3.63, 3.8) is 0 Å². The highest BCUT2D eigenvalue weighted by Gasteiger charge is 2.24. The summed E-state index contributed by atoms with van der Waals surface area (Å²) in [6, 6.07) is 4.65. The lowest BCUT2D eigenvalue weighted by atomic mass is 10.2. The van der Waals surface area contributed by atoms with E-state index in [4.69, 9.17) is 11.6 Å². The number of sulfonamides is 1. The topological polar surface area (TPSA) is 96.4 Å². The van der Waals surface area contributed by atoms with Crippen LogP contribution < -0.4 is 4.72 Å². The van der Waals surface area contributed by atoms with Crippen molar-refractivity contribution in [2.75, 3.05) is 23.6 Å². The van der Waals surface area contributed by atoms with Crippen molar-refractivity contribution in [2.45, 2.75) is 18.2 Å². The van der Waals surface area contributed by atoms with Gasteiger partial charge in [-0.3, -0.25) is 14.3 Å². The van der Waals surface area contributed by atoms with Crippen LogP contribution in [0, 0.1) is 6.92 Å². The average Bonchev–Trinajstić information content (AvgIpc) is 3.03. The number of thioether (sulfide) groups is 1. The van der Waals surface area contributed by atoms with Gasteiger partial charge in [0.05, 0.1) is 17.9 Å². The molecule has 2 heterocycles. The second-order valence-corrected chi connectivity index (χ2v) is 10.1. The molecule has 0 saturated carbocycles. The Labute approximate surface area is 170 Å². The molecule has 0 radical (unpaired) electrons. The van der Waals surface area contributed by atoms with E-state index >= 15 is 0 Å². The van der Waals surface area contributed by atoms with Crippen LogP contribution in [0.3, 0.4) is 0 Å². The highest BCUT2D eigenvalue weighted by molar-refractivity contribution is 8.13. The molecular weight excluding hydrogens is 430 g/mol. The first-order chi connectivity index (χ1) is 12.8. The van der Waals surface area contributed by atoms with Gasteiger partial charge in [0, 0.05) is 28.4 Å². The molecule has 1 aliphatic rings. The minimum absolute atomic E-state index is 0.0238. The molecule has 1 aromatic heterocycles. The summed E-state index contributed by atoms with van der Waals surface area (Å²) < 4.78 is 27.6. The van der Waals surface area contributed by atoms with Crippen molar-refractivity contribution in [2.24, 2.45) is 0 Å². The molecule has 1 amide bonds. The monoisotopic (exact) mass is 445 g/mol.